The van der Waals surface area contributed by atoms with Gasteiger partial charge in [-0.1, -0.05) is 31.2 Å². The van der Waals surface area contributed by atoms with Crippen LogP contribution < -0.4 is 0 Å². The van der Waals surface area contributed by atoms with Crippen LogP contribution in [-0.2, 0) is 22.4 Å². The number of amides is 1. The molecular weight excluding hydrogens is 408 g/mol. The third-order valence-electron chi connectivity index (χ3n) is 8.54. The number of ketones is 1. The summed E-state index contributed by atoms with van der Waals surface area (Å²) in [5.74, 6) is 0.496. The van der Waals surface area contributed by atoms with Crippen LogP contribution in [0.15, 0.2) is 30.0 Å². The van der Waals surface area contributed by atoms with E-state index in [1.165, 1.54) is 22.3 Å². The number of rotatable bonds is 6. The molecule has 1 amide bonds. The third kappa shape index (κ3) is 4.47. The Morgan fingerprint density at radius 3 is 2.48 bits per heavy atom. The van der Waals surface area contributed by atoms with Gasteiger partial charge in [0.2, 0.25) is 5.91 Å². The Labute approximate surface area is 199 Å². The van der Waals surface area contributed by atoms with Crippen molar-refractivity contribution in [2.24, 2.45) is 5.41 Å². The summed E-state index contributed by atoms with van der Waals surface area (Å²) >= 11 is 0. The first-order valence-electron chi connectivity index (χ1n) is 12.8. The molecule has 2 aliphatic heterocycles. The minimum absolute atomic E-state index is 0.212. The third-order valence-corrected chi connectivity index (χ3v) is 8.54. The highest BCUT2D eigenvalue weighted by molar-refractivity contribution is 5.99. The summed E-state index contributed by atoms with van der Waals surface area (Å²) in [6.07, 6.45) is 7.32. The van der Waals surface area contributed by atoms with Crippen molar-refractivity contribution in [3.8, 4) is 0 Å². The summed E-state index contributed by atoms with van der Waals surface area (Å²) < 4.78 is 0. The molecule has 1 aromatic rings. The lowest BCUT2D eigenvalue weighted by molar-refractivity contribution is -0.135. The van der Waals surface area contributed by atoms with Crippen molar-refractivity contribution in [1.82, 2.24) is 9.80 Å². The Hall–Kier alpha value is -2.20. The highest BCUT2D eigenvalue weighted by Gasteiger charge is 2.48. The summed E-state index contributed by atoms with van der Waals surface area (Å²) in [7, 11) is 0. The standard InChI is InChI=1S/C29H40N2O2/c1-6-24-21(4)23(8-9-25(24)20(2)3)12-17-30-16-7-13-29(14-18-30)15-19-31(28(29)33)26-10-11-27(32)22(26)5/h8-9H,2,6-7,10-19H2,1,3-5H3. The van der Waals surface area contributed by atoms with Gasteiger partial charge in [0, 0.05) is 30.8 Å². The van der Waals surface area contributed by atoms with Crippen LogP contribution in [0.25, 0.3) is 5.57 Å². The fourth-order valence-electron chi connectivity index (χ4n) is 6.33. The molecule has 33 heavy (non-hydrogen) atoms. The van der Waals surface area contributed by atoms with E-state index in [0.717, 1.165) is 88.0 Å². The van der Waals surface area contributed by atoms with Crippen molar-refractivity contribution < 1.29 is 9.59 Å². The largest absolute Gasteiger partial charge is 0.315 e. The van der Waals surface area contributed by atoms with Gasteiger partial charge in [-0.05, 0) is 101 Å². The molecule has 2 saturated heterocycles. The van der Waals surface area contributed by atoms with Crippen LogP contribution in [0, 0.1) is 12.3 Å². The Morgan fingerprint density at radius 2 is 1.82 bits per heavy atom. The molecule has 3 aliphatic rings. The number of benzene rings is 1. The van der Waals surface area contributed by atoms with E-state index < -0.39 is 0 Å². The first kappa shape index (κ1) is 23.9. The van der Waals surface area contributed by atoms with Crippen LogP contribution in [0.1, 0.15) is 81.5 Å². The van der Waals surface area contributed by atoms with Crippen LogP contribution >= 0.6 is 0 Å². The number of allylic oxidation sites excluding steroid dienone is 3. The predicted molar refractivity (Wildman–Crippen MR) is 135 cm³/mol. The van der Waals surface area contributed by atoms with E-state index in [0.29, 0.717) is 6.42 Å². The molecule has 1 aromatic carbocycles. The van der Waals surface area contributed by atoms with Gasteiger partial charge >= 0.3 is 0 Å². The summed E-state index contributed by atoms with van der Waals surface area (Å²) in [4.78, 5) is 30.1. The second-order valence-electron chi connectivity index (χ2n) is 10.4. The molecule has 0 N–H and O–H groups in total. The maximum atomic E-state index is 13.5. The number of likely N-dealkylation sites (tertiary alicyclic amines) is 2. The zero-order valence-electron chi connectivity index (χ0n) is 21.1. The molecule has 178 valence electrons. The molecule has 2 fully saturated rings. The van der Waals surface area contributed by atoms with Gasteiger partial charge in [0.25, 0.3) is 0 Å². The maximum absolute atomic E-state index is 13.5. The van der Waals surface area contributed by atoms with Crippen molar-refractivity contribution in [1.29, 1.82) is 0 Å². The second-order valence-corrected chi connectivity index (χ2v) is 10.4. The molecule has 2 heterocycles. The van der Waals surface area contributed by atoms with Crippen molar-refractivity contribution in [3.63, 3.8) is 0 Å². The van der Waals surface area contributed by atoms with Crippen LogP contribution in [0.4, 0.5) is 0 Å². The van der Waals surface area contributed by atoms with Gasteiger partial charge in [0.05, 0.1) is 5.41 Å². The second kappa shape index (κ2) is 9.58. The quantitative estimate of drug-likeness (QED) is 0.579. The lowest BCUT2D eigenvalue weighted by Crippen LogP contribution is -2.35. The number of Topliss-reactive ketones (excluding diaryl/α,β-unsaturated/α-hetero) is 1. The van der Waals surface area contributed by atoms with Crippen LogP contribution in [0.3, 0.4) is 0 Å². The van der Waals surface area contributed by atoms with Gasteiger partial charge in [0.15, 0.2) is 5.78 Å². The molecule has 4 nitrogen and oxygen atoms in total. The molecule has 4 rings (SSSR count). The lowest BCUT2D eigenvalue weighted by atomic mass is 9.79. The number of hydrogen-bond acceptors (Lipinski definition) is 3. The Bertz CT molecular complexity index is 1010. The first-order chi connectivity index (χ1) is 15.8. The highest BCUT2D eigenvalue weighted by atomic mass is 16.2. The zero-order chi connectivity index (χ0) is 23.8. The van der Waals surface area contributed by atoms with Crippen LogP contribution in [0.2, 0.25) is 0 Å². The first-order valence-corrected chi connectivity index (χ1v) is 12.8. The van der Waals surface area contributed by atoms with E-state index in [1.807, 2.05) is 11.8 Å². The molecule has 0 saturated carbocycles. The molecule has 1 unspecified atom stereocenters. The van der Waals surface area contributed by atoms with Crippen LogP contribution in [0.5, 0.6) is 0 Å². The smallest absolute Gasteiger partial charge is 0.233 e. The normalized spacial score (nSPS) is 24.3. The predicted octanol–water partition coefficient (Wildman–Crippen LogP) is 5.47. The van der Waals surface area contributed by atoms with Gasteiger partial charge in [0.1, 0.15) is 0 Å². The number of hydrogen-bond donors (Lipinski definition) is 0. The average molecular weight is 449 g/mol. The molecule has 0 bridgehead atoms. The summed E-state index contributed by atoms with van der Waals surface area (Å²) in [5, 5.41) is 0. The van der Waals surface area contributed by atoms with Gasteiger partial charge in [-0.2, -0.15) is 0 Å². The lowest BCUT2D eigenvalue weighted by Gasteiger charge is -2.27. The Morgan fingerprint density at radius 1 is 1.06 bits per heavy atom. The van der Waals surface area contributed by atoms with E-state index in [2.05, 4.69) is 44.4 Å². The molecular formula is C29H40N2O2. The minimum atomic E-state index is -0.220. The molecule has 0 aromatic heterocycles. The summed E-state index contributed by atoms with van der Waals surface area (Å²) in [5.41, 5.74) is 8.33. The fraction of sp³-hybridized carbons (Fsp3) is 0.586. The zero-order valence-corrected chi connectivity index (χ0v) is 21.1. The van der Waals surface area contributed by atoms with E-state index in [9.17, 15) is 9.59 Å². The van der Waals surface area contributed by atoms with Gasteiger partial charge in [-0.25, -0.2) is 0 Å². The van der Waals surface area contributed by atoms with Crippen LogP contribution in [-0.4, -0.2) is 47.7 Å². The Balaban J connectivity index is 1.40. The van der Waals surface area contributed by atoms with Crippen molar-refractivity contribution in [2.45, 2.75) is 79.1 Å². The number of carbonyl (C=O) groups is 2. The average Bonchev–Trinajstić information content (AvgIpc) is 3.19. The fourth-order valence-corrected chi connectivity index (χ4v) is 6.33. The van der Waals surface area contributed by atoms with E-state index in [-0.39, 0.29) is 17.1 Å². The molecule has 0 radical (unpaired) electrons. The number of nitrogens with zero attached hydrogens (tertiary/aromatic N) is 2. The van der Waals surface area contributed by atoms with Gasteiger partial charge < -0.3 is 9.80 Å². The minimum Gasteiger partial charge on any atom is -0.315 e. The van der Waals surface area contributed by atoms with E-state index in [4.69, 9.17) is 0 Å². The van der Waals surface area contributed by atoms with Crippen molar-refractivity contribution in [3.05, 3.63) is 52.2 Å². The maximum Gasteiger partial charge on any atom is 0.233 e. The molecule has 1 spiro atoms. The number of carbonyl (C=O) groups excluding carboxylic acids is 2. The Kier molecular flexibility index (Phi) is 6.95. The summed E-state index contributed by atoms with van der Waals surface area (Å²) in [6.45, 7) is 16.5. The van der Waals surface area contributed by atoms with Gasteiger partial charge in [-0.3, -0.25) is 9.59 Å². The molecule has 4 heteroatoms. The van der Waals surface area contributed by atoms with Crippen molar-refractivity contribution >= 4 is 17.3 Å². The monoisotopic (exact) mass is 448 g/mol. The molecule has 1 atom stereocenters. The van der Waals surface area contributed by atoms with Gasteiger partial charge in [-0.15, -0.1) is 0 Å². The summed E-state index contributed by atoms with van der Waals surface area (Å²) in [6, 6.07) is 4.53. The van der Waals surface area contributed by atoms with Crippen molar-refractivity contribution in [2.75, 3.05) is 26.2 Å². The van der Waals surface area contributed by atoms with E-state index >= 15 is 0 Å². The molecule has 1 aliphatic carbocycles. The van der Waals surface area contributed by atoms with E-state index in [1.54, 1.807) is 0 Å². The highest BCUT2D eigenvalue weighted by Crippen LogP contribution is 2.44. The SMILES string of the molecule is C=C(C)c1ccc(CCN2CCCC3(CC2)CCN(C2=C(C)C(=O)CC2)C3=O)c(C)c1CC. The topological polar surface area (TPSA) is 40.6 Å².